The highest BCUT2D eigenvalue weighted by molar-refractivity contribution is 5.96. The quantitative estimate of drug-likeness (QED) is 0.667. The lowest BCUT2D eigenvalue weighted by molar-refractivity contribution is 0.101. The van der Waals surface area contributed by atoms with Crippen molar-refractivity contribution >= 4 is 5.78 Å². The van der Waals surface area contributed by atoms with E-state index >= 15 is 0 Å². The van der Waals surface area contributed by atoms with E-state index in [-0.39, 0.29) is 11.2 Å². The highest BCUT2D eigenvalue weighted by Crippen LogP contribution is 2.55. The average molecular weight is 286 g/mol. The molecule has 0 saturated carbocycles. The van der Waals surface area contributed by atoms with Crippen LogP contribution in [-0.2, 0) is 11.8 Å². The summed E-state index contributed by atoms with van der Waals surface area (Å²) >= 11 is 0. The zero-order valence-corrected chi connectivity index (χ0v) is 14.7. The zero-order chi connectivity index (χ0) is 15.9. The molecule has 1 nitrogen and oxygen atoms in total. The molecule has 0 N–H and O–H groups in total. The van der Waals surface area contributed by atoms with Crippen LogP contribution in [0.15, 0.2) is 12.1 Å². The molecule has 116 valence electrons. The van der Waals surface area contributed by atoms with Crippen molar-refractivity contribution in [3.63, 3.8) is 0 Å². The monoisotopic (exact) mass is 286 g/mol. The molecule has 0 fully saturated rings. The topological polar surface area (TPSA) is 17.1 Å². The van der Waals surface area contributed by atoms with Crippen molar-refractivity contribution in [2.24, 2.45) is 11.8 Å². The Morgan fingerprint density at radius 2 is 1.86 bits per heavy atom. The summed E-state index contributed by atoms with van der Waals surface area (Å²) in [5.74, 6) is 2.06. The van der Waals surface area contributed by atoms with Crippen LogP contribution < -0.4 is 0 Å². The first-order chi connectivity index (χ1) is 9.75. The van der Waals surface area contributed by atoms with E-state index in [9.17, 15) is 4.79 Å². The van der Waals surface area contributed by atoms with E-state index in [0.29, 0.717) is 17.8 Å². The van der Waals surface area contributed by atoms with E-state index in [4.69, 9.17) is 0 Å². The lowest BCUT2D eigenvalue weighted by Gasteiger charge is -2.32. The van der Waals surface area contributed by atoms with E-state index < -0.39 is 0 Å². The number of fused-ring (bicyclic) bond motifs is 1. The molecular weight excluding hydrogens is 256 g/mol. The average Bonchev–Trinajstić information content (AvgIpc) is 2.64. The second-order valence-electron chi connectivity index (χ2n) is 7.51. The third kappa shape index (κ3) is 2.45. The second-order valence-corrected chi connectivity index (χ2v) is 7.51. The van der Waals surface area contributed by atoms with Crippen LogP contribution in [0, 0.1) is 11.8 Å². The molecule has 2 atom stereocenters. The molecule has 2 unspecified atom stereocenters. The summed E-state index contributed by atoms with van der Waals surface area (Å²) in [5.41, 5.74) is 5.28. The Hall–Kier alpha value is -1.11. The van der Waals surface area contributed by atoms with Crippen molar-refractivity contribution in [1.82, 2.24) is 0 Å². The number of hydrogen-bond donors (Lipinski definition) is 0. The maximum absolute atomic E-state index is 12.0. The summed E-state index contributed by atoms with van der Waals surface area (Å²) in [4.78, 5) is 12.0. The van der Waals surface area contributed by atoms with E-state index in [2.05, 4.69) is 53.7 Å². The zero-order valence-electron chi connectivity index (χ0n) is 14.7. The Labute approximate surface area is 130 Å². The minimum Gasteiger partial charge on any atom is -0.295 e. The molecule has 1 aliphatic carbocycles. The highest BCUT2D eigenvalue weighted by atomic mass is 16.1. The van der Waals surface area contributed by atoms with Gasteiger partial charge in [-0.15, -0.1) is 0 Å². The fourth-order valence-electron chi connectivity index (χ4n) is 4.57. The van der Waals surface area contributed by atoms with Gasteiger partial charge < -0.3 is 0 Å². The van der Waals surface area contributed by atoms with Gasteiger partial charge in [0.05, 0.1) is 0 Å². The first kappa shape index (κ1) is 16.3. The SMILES string of the molecule is CCc1cc2c(cc1C(C)=O)C(C(C)C)C(CC)C2(C)C. The lowest BCUT2D eigenvalue weighted by atomic mass is 9.72. The Morgan fingerprint density at radius 1 is 1.24 bits per heavy atom. The van der Waals surface area contributed by atoms with E-state index in [1.54, 1.807) is 6.92 Å². The number of carbonyl (C=O) groups is 1. The number of aryl methyl sites for hydroxylation is 1. The fourth-order valence-corrected chi connectivity index (χ4v) is 4.57. The van der Waals surface area contributed by atoms with Gasteiger partial charge in [-0.1, -0.05) is 54.0 Å². The standard InChI is InChI=1S/C20H30O/c1-8-14-10-18-16(11-15(14)13(5)21)19(12(3)4)17(9-2)20(18,6)7/h10-12,17,19H,8-9H2,1-7H3. The van der Waals surface area contributed by atoms with Crippen LogP contribution in [0.5, 0.6) is 0 Å². The van der Waals surface area contributed by atoms with Crippen LogP contribution in [0.25, 0.3) is 0 Å². The number of hydrogen-bond acceptors (Lipinski definition) is 1. The van der Waals surface area contributed by atoms with Crippen molar-refractivity contribution < 1.29 is 4.79 Å². The summed E-state index contributed by atoms with van der Waals surface area (Å²) in [6.45, 7) is 15.6. The molecule has 1 aromatic rings. The van der Waals surface area contributed by atoms with Crippen molar-refractivity contribution in [1.29, 1.82) is 0 Å². The molecule has 0 heterocycles. The van der Waals surface area contributed by atoms with Crippen molar-refractivity contribution in [3.8, 4) is 0 Å². The van der Waals surface area contributed by atoms with Crippen molar-refractivity contribution in [2.45, 2.75) is 72.6 Å². The first-order valence-electron chi connectivity index (χ1n) is 8.43. The Kier molecular flexibility index (Phi) is 4.33. The molecule has 21 heavy (non-hydrogen) atoms. The van der Waals surface area contributed by atoms with Gasteiger partial charge in [0.15, 0.2) is 5.78 Å². The fraction of sp³-hybridized carbons (Fsp3) is 0.650. The number of rotatable bonds is 4. The molecule has 0 radical (unpaired) electrons. The van der Waals surface area contributed by atoms with Gasteiger partial charge in [-0.05, 0) is 59.3 Å². The predicted molar refractivity (Wildman–Crippen MR) is 90.2 cm³/mol. The smallest absolute Gasteiger partial charge is 0.160 e. The summed E-state index contributed by atoms with van der Waals surface area (Å²) in [5, 5.41) is 0. The predicted octanol–water partition coefficient (Wildman–Crippen LogP) is 5.51. The van der Waals surface area contributed by atoms with E-state index in [0.717, 1.165) is 12.0 Å². The molecule has 1 heteroatoms. The molecule has 0 saturated heterocycles. The van der Waals surface area contributed by atoms with Crippen molar-refractivity contribution in [3.05, 3.63) is 34.4 Å². The van der Waals surface area contributed by atoms with Gasteiger partial charge in [0.1, 0.15) is 0 Å². The van der Waals surface area contributed by atoms with Gasteiger partial charge in [-0.3, -0.25) is 4.79 Å². The molecule has 0 aliphatic heterocycles. The summed E-state index contributed by atoms with van der Waals surface area (Å²) in [6, 6.07) is 4.55. The Bertz CT molecular complexity index is 551. The van der Waals surface area contributed by atoms with Gasteiger partial charge in [-0.2, -0.15) is 0 Å². The maximum Gasteiger partial charge on any atom is 0.160 e. The summed E-state index contributed by atoms with van der Waals surface area (Å²) in [7, 11) is 0. The third-order valence-corrected chi connectivity index (χ3v) is 5.61. The van der Waals surface area contributed by atoms with Crippen LogP contribution in [-0.4, -0.2) is 5.78 Å². The van der Waals surface area contributed by atoms with Crippen molar-refractivity contribution in [2.75, 3.05) is 0 Å². The number of Topliss-reactive ketones (excluding diaryl/α,β-unsaturated/α-hetero) is 1. The molecule has 0 amide bonds. The summed E-state index contributed by atoms with van der Waals surface area (Å²) < 4.78 is 0. The molecule has 1 aromatic carbocycles. The van der Waals surface area contributed by atoms with Gasteiger partial charge in [-0.25, -0.2) is 0 Å². The molecule has 0 aromatic heterocycles. The van der Waals surface area contributed by atoms with Crippen LogP contribution in [0.4, 0.5) is 0 Å². The minimum absolute atomic E-state index is 0.204. The van der Waals surface area contributed by atoms with E-state index in [1.807, 2.05) is 0 Å². The van der Waals surface area contributed by atoms with E-state index in [1.165, 1.54) is 23.1 Å². The summed E-state index contributed by atoms with van der Waals surface area (Å²) in [6.07, 6.45) is 2.13. The van der Waals surface area contributed by atoms with Crippen LogP contribution in [0.2, 0.25) is 0 Å². The largest absolute Gasteiger partial charge is 0.295 e. The lowest BCUT2D eigenvalue weighted by Crippen LogP contribution is -2.27. The number of ketones is 1. The Balaban J connectivity index is 2.71. The molecule has 0 spiro atoms. The molecule has 2 rings (SSSR count). The van der Waals surface area contributed by atoms with Gasteiger partial charge in [0.25, 0.3) is 0 Å². The first-order valence-corrected chi connectivity index (χ1v) is 8.43. The van der Waals surface area contributed by atoms with Gasteiger partial charge >= 0.3 is 0 Å². The van der Waals surface area contributed by atoms with Crippen LogP contribution in [0.3, 0.4) is 0 Å². The van der Waals surface area contributed by atoms with Gasteiger partial charge in [0.2, 0.25) is 0 Å². The highest BCUT2D eigenvalue weighted by Gasteiger charge is 2.46. The van der Waals surface area contributed by atoms with Crippen LogP contribution in [0.1, 0.15) is 87.9 Å². The normalized spacial score (nSPS) is 23.4. The van der Waals surface area contributed by atoms with Gasteiger partial charge in [0, 0.05) is 5.56 Å². The number of benzene rings is 1. The maximum atomic E-state index is 12.0. The minimum atomic E-state index is 0.204. The molecular formula is C20H30O. The second kappa shape index (κ2) is 5.59. The third-order valence-electron chi connectivity index (χ3n) is 5.61. The molecule has 0 bridgehead atoms. The Morgan fingerprint density at radius 3 is 2.29 bits per heavy atom. The molecule has 1 aliphatic rings. The van der Waals surface area contributed by atoms with Crippen LogP contribution >= 0.6 is 0 Å². The number of carbonyl (C=O) groups excluding carboxylic acids is 1.